The normalized spacial score (nSPS) is 14.6. The zero-order valence-corrected chi connectivity index (χ0v) is 15.5. The fourth-order valence-electron chi connectivity index (χ4n) is 3.28. The summed E-state index contributed by atoms with van der Waals surface area (Å²) in [5.41, 5.74) is 7.94. The van der Waals surface area contributed by atoms with E-state index in [1.807, 2.05) is 36.4 Å². The topological polar surface area (TPSA) is 84.7 Å². The Balaban J connectivity index is 1.48. The van der Waals surface area contributed by atoms with Crippen molar-refractivity contribution in [2.45, 2.75) is 19.4 Å². The molecule has 0 unspecified atom stereocenters. The lowest BCUT2D eigenvalue weighted by Gasteiger charge is -2.31. The number of ether oxygens (including phenoxy) is 1. The molecule has 1 aliphatic rings. The number of nitrogen functional groups attached to an aromatic ring is 1. The summed E-state index contributed by atoms with van der Waals surface area (Å²) >= 11 is 0. The third kappa shape index (κ3) is 4.58. The molecule has 0 bridgehead atoms. The minimum atomic E-state index is -0.0691. The summed E-state index contributed by atoms with van der Waals surface area (Å²) in [5, 5.41) is 2.99. The minimum absolute atomic E-state index is 0.0390. The molecule has 0 spiro atoms. The zero-order valence-electron chi connectivity index (χ0n) is 15.5. The van der Waals surface area contributed by atoms with E-state index >= 15 is 0 Å². The van der Waals surface area contributed by atoms with E-state index in [0.717, 1.165) is 11.3 Å². The van der Waals surface area contributed by atoms with Gasteiger partial charge < -0.3 is 20.7 Å². The number of likely N-dealkylation sites (tertiary alicyclic amines) is 1. The van der Waals surface area contributed by atoms with Gasteiger partial charge in [-0.2, -0.15) is 0 Å². The lowest BCUT2D eigenvalue weighted by Crippen LogP contribution is -2.43. The second kappa shape index (κ2) is 8.58. The predicted octanol–water partition coefficient (Wildman–Crippen LogP) is 2.45. The maximum absolute atomic E-state index is 12.6. The number of para-hydroxylation sites is 1. The first-order valence-corrected chi connectivity index (χ1v) is 9.13. The summed E-state index contributed by atoms with van der Waals surface area (Å²) in [6.07, 6.45) is 1.32. The van der Waals surface area contributed by atoms with E-state index in [1.165, 1.54) is 0 Å². The highest BCUT2D eigenvalue weighted by Gasteiger charge is 2.28. The molecule has 2 aromatic carbocycles. The Hall–Kier alpha value is -3.02. The maximum Gasteiger partial charge on any atom is 0.255 e. The number of carbonyl (C=O) groups excluding carboxylic acids is 2. The second-order valence-corrected chi connectivity index (χ2v) is 6.72. The zero-order chi connectivity index (χ0) is 19.2. The highest BCUT2D eigenvalue weighted by atomic mass is 16.5. The standard InChI is InChI=1S/C21H25N3O3/c1-27-17-8-6-15(7-9-17)14-23-20(25)16-10-12-24(13-11-16)21(26)18-4-2-3-5-19(18)22/h2-9,16H,10-14,22H2,1H3,(H,23,25). The lowest BCUT2D eigenvalue weighted by molar-refractivity contribution is -0.126. The predicted molar refractivity (Wildman–Crippen MR) is 104 cm³/mol. The molecule has 2 amide bonds. The molecule has 1 heterocycles. The number of rotatable bonds is 5. The van der Waals surface area contributed by atoms with Crippen LogP contribution in [0.15, 0.2) is 48.5 Å². The molecule has 1 saturated heterocycles. The molecule has 1 aliphatic heterocycles. The van der Waals surface area contributed by atoms with Gasteiger partial charge in [0.1, 0.15) is 5.75 Å². The van der Waals surface area contributed by atoms with Crippen LogP contribution in [0.3, 0.4) is 0 Å². The average molecular weight is 367 g/mol. The Morgan fingerprint density at radius 3 is 2.41 bits per heavy atom. The molecule has 0 radical (unpaired) electrons. The fourth-order valence-corrected chi connectivity index (χ4v) is 3.28. The van der Waals surface area contributed by atoms with Crippen molar-refractivity contribution >= 4 is 17.5 Å². The van der Waals surface area contributed by atoms with Gasteiger partial charge in [-0.15, -0.1) is 0 Å². The summed E-state index contributed by atoms with van der Waals surface area (Å²) in [6.45, 7) is 1.62. The van der Waals surface area contributed by atoms with Crippen LogP contribution in [0.2, 0.25) is 0 Å². The van der Waals surface area contributed by atoms with Gasteiger partial charge in [-0.1, -0.05) is 24.3 Å². The number of piperidine rings is 1. The Bertz CT molecular complexity index is 797. The molecule has 27 heavy (non-hydrogen) atoms. The van der Waals surface area contributed by atoms with Crippen molar-refractivity contribution in [1.82, 2.24) is 10.2 Å². The van der Waals surface area contributed by atoms with Gasteiger partial charge >= 0.3 is 0 Å². The molecule has 2 aromatic rings. The van der Waals surface area contributed by atoms with Gasteiger partial charge in [0, 0.05) is 31.2 Å². The molecule has 6 nitrogen and oxygen atoms in total. The van der Waals surface area contributed by atoms with Gasteiger partial charge in [-0.25, -0.2) is 0 Å². The third-order valence-electron chi connectivity index (χ3n) is 4.97. The van der Waals surface area contributed by atoms with Crippen LogP contribution >= 0.6 is 0 Å². The molecular formula is C21H25N3O3. The van der Waals surface area contributed by atoms with Crippen molar-refractivity contribution in [1.29, 1.82) is 0 Å². The number of hydrogen-bond donors (Lipinski definition) is 2. The largest absolute Gasteiger partial charge is 0.497 e. The third-order valence-corrected chi connectivity index (χ3v) is 4.97. The number of nitrogens with two attached hydrogens (primary N) is 1. The van der Waals surface area contributed by atoms with Gasteiger partial charge in [-0.3, -0.25) is 9.59 Å². The number of nitrogens with zero attached hydrogens (tertiary/aromatic N) is 1. The van der Waals surface area contributed by atoms with Crippen molar-refractivity contribution in [2.75, 3.05) is 25.9 Å². The van der Waals surface area contributed by atoms with Crippen molar-refractivity contribution in [3.63, 3.8) is 0 Å². The van der Waals surface area contributed by atoms with Gasteiger partial charge in [-0.05, 0) is 42.7 Å². The summed E-state index contributed by atoms with van der Waals surface area (Å²) in [7, 11) is 1.63. The van der Waals surface area contributed by atoms with Crippen molar-refractivity contribution in [3.8, 4) is 5.75 Å². The highest BCUT2D eigenvalue weighted by molar-refractivity contribution is 5.99. The van der Waals surface area contributed by atoms with E-state index in [9.17, 15) is 9.59 Å². The summed E-state index contributed by atoms with van der Waals surface area (Å²) in [6, 6.07) is 14.7. The van der Waals surface area contributed by atoms with E-state index in [2.05, 4.69) is 5.32 Å². The lowest BCUT2D eigenvalue weighted by atomic mass is 9.95. The van der Waals surface area contributed by atoms with Crippen LogP contribution in [0.5, 0.6) is 5.75 Å². The number of benzene rings is 2. The smallest absolute Gasteiger partial charge is 0.255 e. The van der Waals surface area contributed by atoms with Crippen LogP contribution < -0.4 is 15.8 Å². The van der Waals surface area contributed by atoms with Gasteiger partial charge in [0.2, 0.25) is 5.91 Å². The van der Waals surface area contributed by atoms with Crippen LogP contribution in [0.1, 0.15) is 28.8 Å². The first kappa shape index (κ1) is 18.8. The van der Waals surface area contributed by atoms with Crippen LogP contribution in [-0.2, 0) is 11.3 Å². The van der Waals surface area contributed by atoms with Gasteiger partial charge in [0.15, 0.2) is 0 Å². The molecule has 6 heteroatoms. The summed E-state index contributed by atoms with van der Waals surface area (Å²) in [5.74, 6) is 0.698. The van der Waals surface area contributed by atoms with E-state index in [0.29, 0.717) is 43.7 Å². The molecular weight excluding hydrogens is 342 g/mol. The van der Waals surface area contributed by atoms with Crippen LogP contribution in [-0.4, -0.2) is 36.9 Å². The number of amides is 2. The molecule has 142 valence electrons. The van der Waals surface area contributed by atoms with Crippen molar-refractivity contribution in [2.24, 2.45) is 5.92 Å². The average Bonchev–Trinajstić information content (AvgIpc) is 2.72. The number of carbonyl (C=O) groups is 2. The monoisotopic (exact) mass is 367 g/mol. The van der Waals surface area contributed by atoms with E-state index < -0.39 is 0 Å². The Kier molecular flexibility index (Phi) is 5.96. The summed E-state index contributed by atoms with van der Waals surface area (Å²) < 4.78 is 5.13. The fraction of sp³-hybridized carbons (Fsp3) is 0.333. The molecule has 3 rings (SSSR count). The highest BCUT2D eigenvalue weighted by Crippen LogP contribution is 2.21. The first-order valence-electron chi connectivity index (χ1n) is 9.13. The maximum atomic E-state index is 12.6. The minimum Gasteiger partial charge on any atom is -0.497 e. The van der Waals surface area contributed by atoms with Crippen LogP contribution in [0.25, 0.3) is 0 Å². The molecule has 3 N–H and O–H groups in total. The Morgan fingerprint density at radius 2 is 1.78 bits per heavy atom. The van der Waals surface area contributed by atoms with E-state index in [4.69, 9.17) is 10.5 Å². The SMILES string of the molecule is COc1ccc(CNC(=O)C2CCN(C(=O)c3ccccc3N)CC2)cc1. The number of hydrogen-bond acceptors (Lipinski definition) is 4. The molecule has 1 fully saturated rings. The van der Waals surface area contributed by atoms with Crippen LogP contribution in [0, 0.1) is 5.92 Å². The second-order valence-electron chi connectivity index (χ2n) is 6.72. The number of anilines is 1. The molecule has 0 saturated carbocycles. The molecule has 0 atom stereocenters. The van der Waals surface area contributed by atoms with Gasteiger partial charge in [0.25, 0.3) is 5.91 Å². The Morgan fingerprint density at radius 1 is 1.11 bits per heavy atom. The Labute approximate surface area is 159 Å². The molecule has 0 aromatic heterocycles. The van der Waals surface area contributed by atoms with E-state index in [1.54, 1.807) is 24.1 Å². The summed E-state index contributed by atoms with van der Waals surface area (Å²) in [4.78, 5) is 26.8. The molecule has 0 aliphatic carbocycles. The van der Waals surface area contributed by atoms with Gasteiger partial charge in [0.05, 0.1) is 12.7 Å². The van der Waals surface area contributed by atoms with E-state index in [-0.39, 0.29) is 17.7 Å². The number of methoxy groups -OCH3 is 1. The number of nitrogens with one attached hydrogen (secondary N) is 1. The van der Waals surface area contributed by atoms with Crippen LogP contribution in [0.4, 0.5) is 5.69 Å². The first-order chi connectivity index (χ1) is 13.1. The van der Waals surface area contributed by atoms with Crippen molar-refractivity contribution in [3.05, 3.63) is 59.7 Å². The van der Waals surface area contributed by atoms with Crippen molar-refractivity contribution < 1.29 is 14.3 Å². The quantitative estimate of drug-likeness (QED) is 0.795.